The number of rotatable bonds is 9. The predicted octanol–water partition coefficient (Wildman–Crippen LogP) is 2.21. The van der Waals surface area contributed by atoms with Crippen LogP contribution in [0.1, 0.15) is 23.7 Å². The Labute approximate surface area is 158 Å². The molecule has 0 radical (unpaired) electrons. The van der Waals surface area contributed by atoms with Gasteiger partial charge in [-0.15, -0.1) is 0 Å². The molecular formula is C20H24N2O5. The van der Waals surface area contributed by atoms with E-state index in [-0.39, 0.29) is 25.0 Å². The van der Waals surface area contributed by atoms with Crippen LogP contribution in [0.4, 0.5) is 5.69 Å². The molecule has 0 aliphatic carbocycles. The van der Waals surface area contributed by atoms with Crippen molar-refractivity contribution in [2.75, 3.05) is 25.6 Å². The summed E-state index contributed by atoms with van der Waals surface area (Å²) < 4.78 is 10.6. The Balaban J connectivity index is 1.82. The minimum atomic E-state index is -0.872. The lowest BCUT2D eigenvalue weighted by Gasteiger charge is -2.14. The molecule has 3 N–H and O–H groups in total. The molecule has 0 aliphatic rings. The van der Waals surface area contributed by atoms with E-state index in [1.165, 1.54) is 0 Å². The van der Waals surface area contributed by atoms with Gasteiger partial charge in [-0.1, -0.05) is 19.1 Å². The molecule has 0 saturated heterocycles. The van der Waals surface area contributed by atoms with E-state index < -0.39 is 6.10 Å². The molecule has 0 spiro atoms. The molecule has 0 heterocycles. The average molecular weight is 372 g/mol. The van der Waals surface area contributed by atoms with Crippen molar-refractivity contribution in [1.29, 1.82) is 0 Å². The Kier molecular flexibility index (Phi) is 7.63. The van der Waals surface area contributed by atoms with Crippen LogP contribution in [0.3, 0.4) is 0 Å². The fourth-order valence-electron chi connectivity index (χ4n) is 2.24. The van der Waals surface area contributed by atoms with Gasteiger partial charge in [-0.3, -0.25) is 9.59 Å². The van der Waals surface area contributed by atoms with Gasteiger partial charge in [-0.25, -0.2) is 0 Å². The molecule has 0 fully saturated rings. The van der Waals surface area contributed by atoms with Crippen molar-refractivity contribution in [2.24, 2.45) is 0 Å². The molecular weight excluding hydrogens is 348 g/mol. The lowest BCUT2D eigenvalue weighted by Crippen LogP contribution is -2.35. The highest BCUT2D eigenvalue weighted by atomic mass is 16.5. The van der Waals surface area contributed by atoms with Crippen molar-refractivity contribution >= 4 is 17.5 Å². The third kappa shape index (κ3) is 6.63. The van der Waals surface area contributed by atoms with Gasteiger partial charge in [0.15, 0.2) is 0 Å². The summed E-state index contributed by atoms with van der Waals surface area (Å²) in [5.74, 6) is 0.755. The number of carbonyl (C=O) groups excluding carboxylic acids is 2. The van der Waals surface area contributed by atoms with Crippen LogP contribution in [-0.2, 0) is 4.79 Å². The number of benzene rings is 2. The van der Waals surface area contributed by atoms with E-state index in [2.05, 4.69) is 10.6 Å². The number of nitrogens with one attached hydrogen (secondary N) is 2. The van der Waals surface area contributed by atoms with Gasteiger partial charge in [0.25, 0.3) is 5.91 Å². The van der Waals surface area contributed by atoms with Gasteiger partial charge < -0.3 is 25.2 Å². The number of carbonyl (C=O) groups is 2. The zero-order valence-electron chi connectivity index (χ0n) is 15.4. The third-order valence-electron chi connectivity index (χ3n) is 3.71. The first kappa shape index (κ1) is 20.3. The second-order valence-corrected chi connectivity index (χ2v) is 5.84. The van der Waals surface area contributed by atoms with Crippen LogP contribution in [0.25, 0.3) is 0 Å². The van der Waals surface area contributed by atoms with Gasteiger partial charge in [0.05, 0.1) is 7.11 Å². The molecule has 7 nitrogen and oxygen atoms in total. The van der Waals surface area contributed by atoms with E-state index >= 15 is 0 Å². The Bertz CT molecular complexity index is 778. The van der Waals surface area contributed by atoms with Gasteiger partial charge in [-0.2, -0.15) is 0 Å². The van der Waals surface area contributed by atoms with Crippen LogP contribution >= 0.6 is 0 Å². The zero-order chi connectivity index (χ0) is 19.6. The molecule has 0 bridgehead atoms. The normalized spacial score (nSPS) is 11.4. The molecule has 0 aliphatic heterocycles. The van der Waals surface area contributed by atoms with Gasteiger partial charge in [0, 0.05) is 30.3 Å². The van der Waals surface area contributed by atoms with Gasteiger partial charge in [0.1, 0.15) is 24.2 Å². The number of aliphatic hydroxyl groups is 1. The summed E-state index contributed by atoms with van der Waals surface area (Å²) >= 11 is 0. The second-order valence-electron chi connectivity index (χ2n) is 5.84. The first-order valence-corrected chi connectivity index (χ1v) is 8.65. The summed E-state index contributed by atoms with van der Waals surface area (Å²) in [5, 5.41) is 15.4. The summed E-state index contributed by atoms with van der Waals surface area (Å²) in [6.45, 7) is 1.81. The molecule has 27 heavy (non-hydrogen) atoms. The number of amides is 2. The highest BCUT2D eigenvalue weighted by Gasteiger charge is 2.11. The number of aliphatic hydroxyl groups excluding tert-OH is 1. The Morgan fingerprint density at radius 3 is 2.59 bits per heavy atom. The minimum absolute atomic E-state index is 0.0278. The lowest BCUT2D eigenvalue weighted by molar-refractivity contribution is -0.115. The van der Waals surface area contributed by atoms with Crippen molar-refractivity contribution in [2.45, 2.75) is 19.4 Å². The smallest absolute Gasteiger partial charge is 0.251 e. The van der Waals surface area contributed by atoms with Crippen LogP contribution in [0.5, 0.6) is 11.5 Å². The Hall–Kier alpha value is -3.06. The number of hydrogen-bond acceptors (Lipinski definition) is 5. The SMILES string of the molecule is CCC(=O)Nc1cccc(C(=O)NCC(O)COc2cccc(OC)c2)c1. The van der Waals surface area contributed by atoms with E-state index in [9.17, 15) is 14.7 Å². The fraction of sp³-hybridized carbons (Fsp3) is 0.300. The second kappa shape index (κ2) is 10.2. The first-order chi connectivity index (χ1) is 13.0. The topological polar surface area (TPSA) is 96.9 Å². The van der Waals surface area contributed by atoms with Crippen LogP contribution in [0, 0.1) is 0 Å². The first-order valence-electron chi connectivity index (χ1n) is 8.65. The molecule has 2 rings (SSSR count). The van der Waals surface area contributed by atoms with Crippen LogP contribution in [0.2, 0.25) is 0 Å². The molecule has 0 saturated carbocycles. The van der Waals surface area contributed by atoms with E-state index in [0.29, 0.717) is 29.2 Å². The maximum Gasteiger partial charge on any atom is 0.251 e. The molecule has 1 atom stereocenters. The van der Waals surface area contributed by atoms with Crippen LogP contribution in [-0.4, -0.2) is 43.3 Å². The summed E-state index contributed by atoms with van der Waals surface area (Å²) in [5.41, 5.74) is 0.946. The highest BCUT2D eigenvalue weighted by molar-refractivity contribution is 5.97. The van der Waals surface area contributed by atoms with E-state index in [4.69, 9.17) is 9.47 Å². The summed E-state index contributed by atoms with van der Waals surface area (Å²) in [6, 6.07) is 13.7. The summed E-state index contributed by atoms with van der Waals surface area (Å²) in [6.07, 6.45) is -0.515. The van der Waals surface area contributed by atoms with Crippen molar-refractivity contribution in [3.05, 3.63) is 54.1 Å². The van der Waals surface area contributed by atoms with E-state index in [1.54, 1.807) is 62.6 Å². The number of hydrogen-bond donors (Lipinski definition) is 3. The molecule has 2 amide bonds. The molecule has 0 aromatic heterocycles. The Morgan fingerprint density at radius 1 is 1.11 bits per heavy atom. The summed E-state index contributed by atoms with van der Waals surface area (Å²) in [7, 11) is 1.56. The van der Waals surface area contributed by atoms with Crippen molar-refractivity contribution < 1.29 is 24.2 Å². The highest BCUT2D eigenvalue weighted by Crippen LogP contribution is 2.18. The van der Waals surface area contributed by atoms with Crippen molar-refractivity contribution in [1.82, 2.24) is 5.32 Å². The molecule has 144 valence electrons. The van der Waals surface area contributed by atoms with Gasteiger partial charge in [-0.05, 0) is 30.3 Å². The van der Waals surface area contributed by atoms with Crippen LogP contribution < -0.4 is 20.1 Å². The van der Waals surface area contributed by atoms with E-state index in [1.807, 2.05) is 0 Å². The minimum Gasteiger partial charge on any atom is -0.497 e. The quantitative estimate of drug-likeness (QED) is 0.627. The Morgan fingerprint density at radius 2 is 1.85 bits per heavy atom. The average Bonchev–Trinajstić information content (AvgIpc) is 2.70. The predicted molar refractivity (Wildman–Crippen MR) is 102 cm³/mol. The van der Waals surface area contributed by atoms with Gasteiger partial charge >= 0.3 is 0 Å². The fourth-order valence-corrected chi connectivity index (χ4v) is 2.24. The molecule has 1 unspecified atom stereocenters. The number of ether oxygens (including phenoxy) is 2. The monoisotopic (exact) mass is 372 g/mol. The van der Waals surface area contributed by atoms with Crippen LogP contribution in [0.15, 0.2) is 48.5 Å². The molecule has 2 aromatic carbocycles. The molecule has 7 heteroatoms. The standard InChI is InChI=1S/C20H24N2O5/c1-3-19(24)22-15-7-4-6-14(10-15)20(25)21-12-16(23)13-27-18-9-5-8-17(11-18)26-2/h4-11,16,23H,3,12-13H2,1-2H3,(H,21,25)(H,22,24). The zero-order valence-corrected chi connectivity index (χ0v) is 15.4. The maximum absolute atomic E-state index is 12.2. The largest absolute Gasteiger partial charge is 0.497 e. The summed E-state index contributed by atoms with van der Waals surface area (Å²) in [4.78, 5) is 23.7. The van der Waals surface area contributed by atoms with E-state index in [0.717, 1.165) is 0 Å². The van der Waals surface area contributed by atoms with Crippen molar-refractivity contribution in [3.8, 4) is 11.5 Å². The third-order valence-corrected chi connectivity index (χ3v) is 3.71. The maximum atomic E-state index is 12.2. The van der Waals surface area contributed by atoms with Gasteiger partial charge in [0.2, 0.25) is 5.91 Å². The van der Waals surface area contributed by atoms with Crippen molar-refractivity contribution in [3.63, 3.8) is 0 Å². The number of methoxy groups -OCH3 is 1. The lowest BCUT2D eigenvalue weighted by atomic mass is 10.2. The molecule has 2 aromatic rings. The number of anilines is 1.